The van der Waals surface area contributed by atoms with Gasteiger partial charge in [-0.15, -0.1) is 0 Å². The highest BCUT2D eigenvalue weighted by molar-refractivity contribution is 5.88. The Hall–Kier alpha value is -3.60. The lowest BCUT2D eigenvalue weighted by Crippen LogP contribution is -2.50. The average molecular weight is 499 g/mol. The molecule has 1 fully saturated rings. The predicted molar refractivity (Wildman–Crippen MR) is 147 cm³/mol. The fourth-order valence-corrected chi connectivity index (χ4v) is 5.17. The fraction of sp³-hybridized carbons (Fsp3) is 0.375. The van der Waals surface area contributed by atoms with E-state index in [0.29, 0.717) is 6.54 Å². The lowest BCUT2D eigenvalue weighted by atomic mass is 9.88. The molecule has 3 aromatic carbocycles. The topological polar surface area (TPSA) is 58.6 Å². The number of rotatable bonds is 10. The van der Waals surface area contributed by atoms with E-state index in [1.54, 1.807) is 12.0 Å². The van der Waals surface area contributed by atoms with Gasteiger partial charge in [0.05, 0.1) is 7.11 Å². The van der Waals surface area contributed by atoms with E-state index in [9.17, 15) is 9.59 Å². The standard InChI is InChI=1S/C32H38N2O3/c1-24(32(36)33-28-16-10-5-11-17-28)34(23-25-18-20-29(37-2)21-19-25)31(35)22-30(26-12-6-3-7-13-26)27-14-8-4-9-15-27/h3-4,6-9,12-15,18-21,24,28,30H,5,10-11,16-17,22-23H2,1-2H3,(H,33,36). The van der Waals surface area contributed by atoms with Crippen LogP contribution < -0.4 is 10.1 Å². The van der Waals surface area contributed by atoms with E-state index in [1.165, 1.54) is 6.42 Å². The molecule has 0 aromatic heterocycles. The van der Waals surface area contributed by atoms with Crippen molar-refractivity contribution in [3.8, 4) is 5.75 Å². The van der Waals surface area contributed by atoms with Gasteiger partial charge in [0.2, 0.25) is 11.8 Å². The minimum absolute atomic E-state index is 0.0418. The number of carbonyl (C=O) groups is 2. The molecule has 4 rings (SSSR count). The number of nitrogens with one attached hydrogen (secondary N) is 1. The molecule has 1 saturated carbocycles. The number of benzene rings is 3. The summed E-state index contributed by atoms with van der Waals surface area (Å²) in [6, 6.07) is 27.6. The average Bonchev–Trinajstić information content (AvgIpc) is 2.96. The zero-order valence-corrected chi connectivity index (χ0v) is 21.9. The second-order valence-corrected chi connectivity index (χ2v) is 9.97. The Kier molecular flexibility index (Phi) is 9.36. The highest BCUT2D eigenvalue weighted by Gasteiger charge is 2.30. The van der Waals surface area contributed by atoms with Crippen molar-refractivity contribution >= 4 is 11.8 Å². The Balaban J connectivity index is 1.58. The van der Waals surface area contributed by atoms with Crippen LogP contribution in [0.3, 0.4) is 0 Å². The molecule has 0 radical (unpaired) electrons. The van der Waals surface area contributed by atoms with E-state index >= 15 is 0 Å². The van der Waals surface area contributed by atoms with E-state index < -0.39 is 6.04 Å². The molecule has 3 aromatic rings. The Labute approximate surface area is 220 Å². The first-order chi connectivity index (χ1) is 18.0. The van der Waals surface area contributed by atoms with Gasteiger partial charge in [-0.25, -0.2) is 0 Å². The van der Waals surface area contributed by atoms with Crippen molar-refractivity contribution in [1.29, 1.82) is 0 Å². The van der Waals surface area contributed by atoms with Crippen molar-refractivity contribution in [2.45, 2.75) is 70.0 Å². The quantitative estimate of drug-likeness (QED) is 0.368. The Morgan fingerprint density at radius 3 is 1.97 bits per heavy atom. The van der Waals surface area contributed by atoms with Gasteiger partial charge in [0, 0.05) is 24.9 Å². The third kappa shape index (κ3) is 7.22. The van der Waals surface area contributed by atoms with E-state index in [-0.39, 0.29) is 30.2 Å². The second kappa shape index (κ2) is 13.1. The van der Waals surface area contributed by atoms with Crippen LogP contribution in [0.2, 0.25) is 0 Å². The minimum Gasteiger partial charge on any atom is -0.497 e. The number of hydrogen-bond acceptors (Lipinski definition) is 3. The van der Waals surface area contributed by atoms with Crippen molar-refractivity contribution in [3.05, 3.63) is 102 Å². The largest absolute Gasteiger partial charge is 0.497 e. The smallest absolute Gasteiger partial charge is 0.242 e. The van der Waals surface area contributed by atoms with Crippen molar-refractivity contribution in [2.75, 3.05) is 7.11 Å². The van der Waals surface area contributed by atoms with Crippen LogP contribution in [0, 0.1) is 0 Å². The first kappa shape index (κ1) is 26.5. The van der Waals surface area contributed by atoms with Crippen LogP contribution >= 0.6 is 0 Å². The first-order valence-corrected chi connectivity index (χ1v) is 13.4. The maximum absolute atomic E-state index is 14.0. The molecule has 0 bridgehead atoms. The summed E-state index contributed by atoms with van der Waals surface area (Å²) in [4.78, 5) is 29.1. The van der Waals surface area contributed by atoms with Gasteiger partial charge in [-0.1, -0.05) is 92.1 Å². The minimum atomic E-state index is -0.580. The maximum atomic E-state index is 14.0. The lowest BCUT2D eigenvalue weighted by Gasteiger charge is -2.32. The van der Waals surface area contributed by atoms with Gasteiger partial charge in [0.25, 0.3) is 0 Å². The lowest BCUT2D eigenvalue weighted by molar-refractivity contribution is -0.141. The van der Waals surface area contributed by atoms with Crippen LogP contribution in [0.5, 0.6) is 5.75 Å². The molecule has 0 spiro atoms. The fourth-order valence-electron chi connectivity index (χ4n) is 5.17. The first-order valence-electron chi connectivity index (χ1n) is 13.4. The van der Waals surface area contributed by atoms with Gasteiger partial charge < -0.3 is 15.0 Å². The van der Waals surface area contributed by atoms with Gasteiger partial charge in [0.15, 0.2) is 0 Å². The number of ether oxygens (including phenoxy) is 1. The molecule has 194 valence electrons. The molecule has 1 atom stereocenters. The summed E-state index contributed by atoms with van der Waals surface area (Å²) in [6.45, 7) is 2.21. The molecule has 2 amide bonds. The van der Waals surface area contributed by atoms with Crippen molar-refractivity contribution < 1.29 is 14.3 Å². The number of nitrogens with zero attached hydrogens (tertiary/aromatic N) is 1. The summed E-state index contributed by atoms with van der Waals surface area (Å²) in [5, 5.41) is 3.22. The zero-order valence-electron chi connectivity index (χ0n) is 21.9. The van der Waals surface area contributed by atoms with Gasteiger partial charge >= 0.3 is 0 Å². The molecule has 0 heterocycles. The highest BCUT2D eigenvalue weighted by Crippen LogP contribution is 2.29. The summed E-state index contributed by atoms with van der Waals surface area (Å²) in [7, 11) is 1.63. The van der Waals surface area contributed by atoms with Gasteiger partial charge in [-0.05, 0) is 48.6 Å². The molecular weight excluding hydrogens is 460 g/mol. The molecule has 5 nitrogen and oxygen atoms in total. The molecule has 37 heavy (non-hydrogen) atoms. The molecule has 1 aliphatic carbocycles. The molecule has 1 N–H and O–H groups in total. The number of amides is 2. The normalized spacial score (nSPS) is 14.7. The Morgan fingerprint density at radius 2 is 1.43 bits per heavy atom. The molecule has 5 heteroatoms. The van der Waals surface area contributed by atoms with Crippen molar-refractivity contribution in [3.63, 3.8) is 0 Å². The number of methoxy groups -OCH3 is 1. The molecule has 0 aliphatic heterocycles. The molecular formula is C32H38N2O3. The van der Waals surface area contributed by atoms with E-state index in [4.69, 9.17) is 4.74 Å². The Bertz CT molecular complexity index is 1090. The summed E-state index contributed by atoms with van der Waals surface area (Å²) < 4.78 is 5.30. The van der Waals surface area contributed by atoms with Crippen LogP contribution in [0.4, 0.5) is 0 Å². The zero-order chi connectivity index (χ0) is 26.0. The summed E-state index contributed by atoms with van der Waals surface area (Å²) in [6.07, 6.45) is 5.81. The third-order valence-corrected chi connectivity index (χ3v) is 7.41. The van der Waals surface area contributed by atoms with Crippen LogP contribution in [-0.2, 0) is 16.1 Å². The molecule has 0 saturated heterocycles. The van der Waals surface area contributed by atoms with Gasteiger partial charge in [0.1, 0.15) is 11.8 Å². The predicted octanol–water partition coefficient (Wildman–Crippen LogP) is 6.08. The SMILES string of the molecule is COc1ccc(CN(C(=O)CC(c2ccccc2)c2ccccc2)C(C)C(=O)NC2CCCCC2)cc1. The molecule has 1 aliphatic rings. The Morgan fingerprint density at radius 1 is 0.865 bits per heavy atom. The summed E-state index contributed by atoms with van der Waals surface area (Å²) >= 11 is 0. The van der Waals surface area contributed by atoms with E-state index in [2.05, 4.69) is 29.6 Å². The summed E-state index contributed by atoms with van der Waals surface area (Å²) in [5.41, 5.74) is 3.14. The highest BCUT2D eigenvalue weighted by atomic mass is 16.5. The van der Waals surface area contributed by atoms with Crippen LogP contribution in [0.25, 0.3) is 0 Å². The second-order valence-electron chi connectivity index (χ2n) is 9.97. The summed E-state index contributed by atoms with van der Waals surface area (Å²) in [5.74, 6) is 0.546. The monoisotopic (exact) mass is 498 g/mol. The molecule has 1 unspecified atom stereocenters. The number of hydrogen-bond donors (Lipinski definition) is 1. The van der Waals surface area contributed by atoms with Crippen molar-refractivity contribution in [1.82, 2.24) is 10.2 Å². The van der Waals surface area contributed by atoms with E-state index in [1.807, 2.05) is 67.6 Å². The van der Waals surface area contributed by atoms with Gasteiger partial charge in [-0.3, -0.25) is 9.59 Å². The van der Waals surface area contributed by atoms with Crippen molar-refractivity contribution in [2.24, 2.45) is 0 Å². The van der Waals surface area contributed by atoms with E-state index in [0.717, 1.165) is 48.1 Å². The van der Waals surface area contributed by atoms with Crippen LogP contribution in [0.15, 0.2) is 84.9 Å². The van der Waals surface area contributed by atoms with Crippen LogP contribution in [0.1, 0.15) is 68.1 Å². The van der Waals surface area contributed by atoms with Crippen LogP contribution in [-0.4, -0.2) is 35.9 Å². The third-order valence-electron chi connectivity index (χ3n) is 7.41. The maximum Gasteiger partial charge on any atom is 0.242 e. The van der Waals surface area contributed by atoms with Gasteiger partial charge in [-0.2, -0.15) is 0 Å². The number of carbonyl (C=O) groups excluding carboxylic acids is 2.